The average Bonchev–Trinajstić information content (AvgIpc) is 1.74. The summed E-state index contributed by atoms with van der Waals surface area (Å²) in [5.41, 5.74) is 10.5. The summed E-state index contributed by atoms with van der Waals surface area (Å²) in [6, 6.07) is 51.5. The molecule has 0 radical (unpaired) electrons. The monoisotopic (exact) mass is 1330 g/mol. The van der Waals surface area contributed by atoms with Crippen LogP contribution in [0.5, 0.6) is 5.75 Å². The van der Waals surface area contributed by atoms with Crippen molar-refractivity contribution < 1.29 is 27.9 Å². The molecule has 14 rings (SSSR count). The topological polar surface area (TPSA) is 142 Å². The summed E-state index contributed by atoms with van der Waals surface area (Å²) in [6.07, 6.45) is 7.72. The summed E-state index contributed by atoms with van der Waals surface area (Å²) in [6.45, 7) is 15.1. The zero-order chi connectivity index (χ0) is 64.8. The molecule has 93 heavy (non-hydrogen) atoms. The van der Waals surface area contributed by atoms with E-state index >= 15 is 0 Å². The summed E-state index contributed by atoms with van der Waals surface area (Å²) in [4.78, 5) is 56.9. The summed E-state index contributed by atoms with van der Waals surface area (Å²) in [5.74, 6) is 3.77. The minimum Gasteiger partial charge on any atom is -0.489 e. The second-order valence-electron chi connectivity index (χ2n) is 26.2. The Bertz CT molecular complexity index is 3500. The number of rotatable bonds is 18. The van der Waals surface area contributed by atoms with E-state index < -0.39 is 11.9 Å². The Balaban J connectivity index is 0.000000129. The van der Waals surface area contributed by atoms with Crippen LogP contribution in [-0.2, 0) is 21.0 Å². The number of nitrogens with zero attached hydrogens (tertiary/aromatic N) is 8. The molecule has 490 valence electrons. The van der Waals surface area contributed by atoms with Gasteiger partial charge in [0.25, 0.3) is 0 Å². The third-order valence-electron chi connectivity index (χ3n) is 19.2. The molecular formula is C75H90BrF2N11O4. The molecule has 8 atom stereocenters. The van der Waals surface area contributed by atoms with E-state index in [-0.39, 0.29) is 17.7 Å². The van der Waals surface area contributed by atoms with Gasteiger partial charge in [0.05, 0.1) is 19.6 Å². The summed E-state index contributed by atoms with van der Waals surface area (Å²) >= 11 is 3.46. The van der Waals surface area contributed by atoms with E-state index in [0.717, 1.165) is 142 Å². The summed E-state index contributed by atoms with van der Waals surface area (Å²) in [7, 11) is 6.30. The molecule has 7 aliphatic rings. The lowest BCUT2D eigenvalue weighted by Gasteiger charge is -2.32. The second-order valence-corrected chi connectivity index (χ2v) is 27.2. The van der Waals surface area contributed by atoms with Crippen molar-refractivity contribution in [2.45, 2.75) is 81.0 Å². The Hall–Kier alpha value is -7.29. The lowest BCUT2D eigenvalue weighted by atomic mass is 10.0. The minimum absolute atomic E-state index is 0.202. The normalized spacial score (nSPS) is 23.2. The number of ether oxygens (including phenoxy) is 1. The van der Waals surface area contributed by atoms with Gasteiger partial charge in [-0.2, -0.15) is 8.78 Å². The number of halogens is 3. The summed E-state index contributed by atoms with van der Waals surface area (Å²) in [5, 5.41) is 10.3. The van der Waals surface area contributed by atoms with E-state index in [1.807, 2.05) is 45.0 Å². The standard InChI is InChI=1S/C23H29N3O2.C21H25FN4O.C16H22BrN3O.C15H14FN/c1-25-11-13-26(14-12-25)23(27)16-24-22-15-21(22)19-7-9-20(10-8-19)28-17-18-5-3-2-4-6-18;1-25-8-10-26(11-9-25)21(27)14-23-19-12-18(19)16-4-2-15(3-5-16)17-6-7-20(22)24-13-17;1-19-6-8-20(9-7-19)16(21)11-18-15-10-14(15)12-2-4-13(17)5-3-12;1-10-8-14(10)12-4-2-11(3-5-12)13-6-7-15(16)17-9-13/h2-10,21-22,24H,11-17H2,1H3;2-7,13,18-19,23H,8-12,14H2,1H3;2-5,14-15,18H,6-11H2,1H3;2-7,9-10,14H,8H2,1H3. The zero-order valence-electron chi connectivity index (χ0n) is 54.2. The number of amides is 3. The van der Waals surface area contributed by atoms with Crippen LogP contribution in [0.1, 0.15) is 84.1 Å². The first kappa shape index (κ1) is 67.1. The van der Waals surface area contributed by atoms with Gasteiger partial charge in [-0.15, -0.1) is 0 Å². The van der Waals surface area contributed by atoms with Crippen LogP contribution in [0.4, 0.5) is 8.78 Å². The Labute approximate surface area is 556 Å². The maximum atomic E-state index is 12.9. The van der Waals surface area contributed by atoms with Crippen molar-refractivity contribution in [3.63, 3.8) is 0 Å². The van der Waals surface area contributed by atoms with Crippen molar-refractivity contribution in [2.75, 3.05) is 119 Å². The molecule has 0 spiro atoms. The summed E-state index contributed by atoms with van der Waals surface area (Å²) < 4.78 is 32.6. The number of carbonyl (C=O) groups is 3. The van der Waals surface area contributed by atoms with Gasteiger partial charge in [-0.25, -0.2) is 9.97 Å². The number of likely N-dealkylation sites (N-methyl/N-ethyl adjacent to an activating group) is 3. The molecular weight excluding hydrogens is 1240 g/mol. The molecule has 15 nitrogen and oxygen atoms in total. The van der Waals surface area contributed by atoms with Gasteiger partial charge >= 0.3 is 0 Å². The van der Waals surface area contributed by atoms with Crippen molar-refractivity contribution in [3.8, 4) is 28.0 Å². The van der Waals surface area contributed by atoms with Crippen LogP contribution in [0.3, 0.4) is 0 Å². The van der Waals surface area contributed by atoms with Crippen molar-refractivity contribution in [1.82, 2.24) is 55.3 Å². The number of benzene rings is 5. The van der Waals surface area contributed by atoms with Gasteiger partial charge in [0, 0.05) is 142 Å². The number of aromatic nitrogens is 2. The SMILES string of the molecule is CC1CC1c1ccc(-c2ccc(F)nc2)cc1.CN1CCN(C(=O)CNC2CC2c2ccc(-c3ccc(F)nc3)cc2)CC1.CN1CCN(C(=O)CNC2CC2c2ccc(Br)cc2)CC1.CN1CCN(C(=O)CNC2CC2c2ccc(OCc3ccccc3)cc2)CC1. The van der Waals surface area contributed by atoms with Crippen molar-refractivity contribution in [3.05, 3.63) is 208 Å². The van der Waals surface area contributed by atoms with Crippen LogP contribution in [0.25, 0.3) is 22.3 Å². The van der Waals surface area contributed by atoms with E-state index in [1.165, 1.54) is 46.4 Å². The quantitative estimate of drug-likeness (QED) is 0.0705. The molecule has 2 aromatic heterocycles. The molecule has 5 heterocycles. The second kappa shape index (κ2) is 32.2. The van der Waals surface area contributed by atoms with Crippen LogP contribution >= 0.6 is 15.9 Å². The number of hydrogen-bond acceptors (Lipinski definition) is 12. The molecule has 7 fully saturated rings. The molecule has 3 N–H and O–H groups in total. The molecule has 0 bridgehead atoms. The number of carbonyl (C=O) groups excluding carboxylic acids is 3. The van der Waals surface area contributed by atoms with E-state index in [2.05, 4.69) is 182 Å². The largest absolute Gasteiger partial charge is 0.489 e. The highest BCUT2D eigenvalue weighted by Gasteiger charge is 2.41. The first-order valence-corrected chi connectivity index (χ1v) is 34.0. The van der Waals surface area contributed by atoms with E-state index in [1.54, 1.807) is 24.5 Å². The highest BCUT2D eigenvalue weighted by Crippen LogP contribution is 2.47. The van der Waals surface area contributed by atoms with Gasteiger partial charge in [0.15, 0.2) is 0 Å². The maximum Gasteiger partial charge on any atom is 0.236 e. The maximum absolute atomic E-state index is 12.9. The van der Waals surface area contributed by atoms with Gasteiger partial charge in [0.1, 0.15) is 12.4 Å². The minimum atomic E-state index is -0.464. The predicted octanol–water partition coefficient (Wildman–Crippen LogP) is 10.3. The van der Waals surface area contributed by atoms with Gasteiger partial charge in [-0.1, -0.05) is 126 Å². The number of hydrogen-bond donors (Lipinski definition) is 3. The Morgan fingerprint density at radius 1 is 0.441 bits per heavy atom. The fourth-order valence-corrected chi connectivity index (χ4v) is 12.8. The van der Waals surface area contributed by atoms with E-state index in [4.69, 9.17) is 4.74 Å². The molecule has 5 aromatic carbocycles. The molecule has 4 saturated carbocycles. The molecule has 7 aromatic rings. The number of nitrogens with one attached hydrogen (secondary N) is 3. The van der Waals surface area contributed by atoms with Crippen molar-refractivity contribution >= 4 is 33.7 Å². The lowest BCUT2D eigenvalue weighted by molar-refractivity contribution is -0.132. The fraction of sp³-hybridized carbons (Fsp3) is 0.427. The predicted molar refractivity (Wildman–Crippen MR) is 367 cm³/mol. The van der Waals surface area contributed by atoms with Crippen LogP contribution in [-0.4, -0.2) is 195 Å². The van der Waals surface area contributed by atoms with Crippen LogP contribution < -0.4 is 20.7 Å². The van der Waals surface area contributed by atoms with Crippen LogP contribution in [0.15, 0.2) is 169 Å². The number of pyridine rings is 2. The van der Waals surface area contributed by atoms with Crippen molar-refractivity contribution in [1.29, 1.82) is 0 Å². The third-order valence-corrected chi connectivity index (χ3v) is 19.8. The molecule has 3 amide bonds. The molecule has 3 aliphatic heterocycles. The molecule has 8 unspecified atom stereocenters. The van der Waals surface area contributed by atoms with Crippen LogP contribution in [0, 0.1) is 17.8 Å². The molecule has 4 aliphatic carbocycles. The van der Waals surface area contributed by atoms with Crippen molar-refractivity contribution in [2.24, 2.45) is 5.92 Å². The highest BCUT2D eigenvalue weighted by atomic mass is 79.9. The van der Waals surface area contributed by atoms with Gasteiger partial charge in [-0.05, 0) is 146 Å². The smallest absolute Gasteiger partial charge is 0.236 e. The van der Waals surface area contributed by atoms with Gasteiger partial charge < -0.3 is 50.1 Å². The fourth-order valence-electron chi connectivity index (χ4n) is 12.5. The van der Waals surface area contributed by atoms with Crippen LogP contribution in [0.2, 0.25) is 0 Å². The highest BCUT2D eigenvalue weighted by molar-refractivity contribution is 9.10. The lowest BCUT2D eigenvalue weighted by Crippen LogP contribution is -2.49. The zero-order valence-corrected chi connectivity index (χ0v) is 55.8. The van der Waals surface area contributed by atoms with Gasteiger partial charge in [0.2, 0.25) is 29.6 Å². The third kappa shape index (κ3) is 19.9. The Kier molecular flexibility index (Phi) is 23.3. The molecule has 18 heteroatoms. The van der Waals surface area contributed by atoms with E-state index in [9.17, 15) is 23.2 Å². The van der Waals surface area contributed by atoms with E-state index in [0.29, 0.717) is 62.1 Å². The first-order chi connectivity index (χ1) is 45.2. The van der Waals surface area contributed by atoms with Gasteiger partial charge in [-0.3, -0.25) is 14.4 Å². The number of piperazine rings is 3. The first-order valence-electron chi connectivity index (χ1n) is 33.2. The average molecular weight is 1330 g/mol. The molecule has 3 saturated heterocycles. The Morgan fingerprint density at radius 2 is 0.774 bits per heavy atom. The Morgan fingerprint density at radius 3 is 1.12 bits per heavy atom.